The number of hydrogen-bond donors (Lipinski definition) is 0. The predicted octanol–water partition coefficient (Wildman–Crippen LogP) is 0.571. The highest BCUT2D eigenvalue weighted by Crippen LogP contribution is 2.10. The summed E-state index contributed by atoms with van der Waals surface area (Å²) in [6.45, 7) is 1.96. The Balaban J connectivity index is 3.79. The lowest BCUT2D eigenvalue weighted by atomic mass is 10.5. The highest BCUT2D eigenvalue weighted by Gasteiger charge is 2.14. The Morgan fingerprint density at radius 3 is 1.86 bits per heavy atom. The van der Waals surface area contributed by atoms with Gasteiger partial charge in [-0.25, -0.2) is 4.39 Å². The summed E-state index contributed by atoms with van der Waals surface area (Å²) < 4.78 is 31.2. The van der Waals surface area contributed by atoms with Crippen LogP contribution in [0.5, 0.6) is 0 Å². The molecule has 0 heterocycles. The number of hydrogen-bond acceptors (Lipinski definition) is 2. The first-order valence-electron chi connectivity index (χ1n) is 1.73. The molecule has 1 unspecified atom stereocenters. The van der Waals surface area contributed by atoms with Crippen LogP contribution in [0.2, 0.25) is 0 Å². The van der Waals surface area contributed by atoms with E-state index in [4.69, 9.17) is 0 Å². The minimum Gasteiger partial charge on any atom is -0.770 e. The van der Waals surface area contributed by atoms with Gasteiger partial charge in [0.05, 0.1) is 0 Å². The molecule has 4 heteroatoms. The van der Waals surface area contributed by atoms with E-state index in [1.807, 2.05) is 0 Å². The van der Waals surface area contributed by atoms with Crippen molar-refractivity contribution in [3.63, 3.8) is 0 Å². The van der Waals surface area contributed by atoms with Gasteiger partial charge in [0.1, 0.15) is 0 Å². The molecule has 0 radical (unpaired) electrons. The molecule has 0 saturated heterocycles. The number of rotatable bonds is 1. The molecule has 0 rings (SSSR count). The van der Waals surface area contributed by atoms with E-state index >= 15 is 0 Å². The van der Waals surface area contributed by atoms with Crippen molar-refractivity contribution in [1.82, 2.24) is 0 Å². The lowest BCUT2D eigenvalue weighted by Crippen LogP contribution is -2.18. The topological polar surface area (TPSA) is 40.1 Å². The Labute approximate surface area is 44.0 Å². The average Bonchev–Trinajstić information content (AvgIpc) is 1.31. The normalized spacial score (nSPS) is 16.6. The van der Waals surface area contributed by atoms with Crippen molar-refractivity contribution in [2.75, 3.05) is 0 Å². The van der Waals surface area contributed by atoms with Gasteiger partial charge in [-0.05, 0) is 24.9 Å². The van der Waals surface area contributed by atoms with E-state index in [1.54, 1.807) is 0 Å². The lowest BCUT2D eigenvalue weighted by molar-refractivity contribution is 0.309. The maximum absolute atomic E-state index is 11.9. The van der Waals surface area contributed by atoms with Crippen molar-refractivity contribution in [2.45, 2.75) is 18.8 Å². The van der Waals surface area contributed by atoms with Crippen LogP contribution in [-0.2, 0) is 11.1 Å². The average molecular weight is 125 g/mol. The summed E-state index contributed by atoms with van der Waals surface area (Å²) in [4.78, 5) is 0. The van der Waals surface area contributed by atoms with E-state index in [0.717, 1.165) is 13.8 Å². The zero-order chi connectivity index (χ0) is 6.08. The first kappa shape index (κ1) is 7.04. The van der Waals surface area contributed by atoms with Crippen LogP contribution >= 0.6 is 0 Å². The molecule has 0 aliphatic rings. The van der Waals surface area contributed by atoms with Gasteiger partial charge >= 0.3 is 0 Å². The minimum atomic E-state index is -2.60. The molecule has 0 aromatic carbocycles. The maximum Gasteiger partial charge on any atom is 0.166 e. The standard InChI is InChI=1S/C3H7FO2S/c1-3(2,4)7(5)6/h1-2H3,(H,5,6)/p-1. The Morgan fingerprint density at radius 2 is 1.86 bits per heavy atom. The molecule has 0 aliphatic heterocycles. The van der Waals surface area contributed by atoms with Crippen LogP contribution in [0, 0.1) is 0 Å². The maximum atomic E-state index is 11.9. The summed E-state index contributed by atoms with van der Waals surface area (Å²) in [5.74, 6) is 0. The summed E-state index contributed by atoms with van der Waals surface area (Å²) in [6, 6.07) is 0. The van der Waals surface area contributed by atoms with Crippen LogP contribution in [0.15, 0.2) is 0 Å². The molecule has 7 heavy (non-hydrogen) atoms. The van der Waals surface area contributed by atoms with Gasteiger partial charge in [0, 0.05) is 0 Å². The van der Waals surface area contributed by atoms with Gasteiger partial charge in [-0.3, -0.25) is 4.21 Å². The largest absolute Gasteiger partial charge is 0.770 e. The molecule has 0 amide bonds. The second kappa shape index (κ2) is 1.88. The van der Waals surface area contributed by atoms with Crippen molar-refractivity contribution in [3.05, 3.63) is 0 Å². The third-order valence-corrected chi connectivity index (χ3v) is 1.19. The second-order valence-corrected chi connectivity index (χ2v) is 3.04. The minimum absolute atomic E-state index is 0.982. The van der Waals surface area contributed by atoms with E-state index in [-0.39, 0.29) is 0 Å². The van der Waals surface area contributed by atoms with Crippen LogP contribution in [0.25, 0.3) is 0 Å². The van der Waals surface area contributed by atoms with E-state index in [0.29, 0.717) is 0 Å². The third kappa shape index (κ3) is 2.70. The summed E-state index contributed by atoms with van der Waals surface area (Å²) >= 11 is -2.60. The summed E-state index contributed by atoms with van der Waals surface area (Å²) in [7, 11) is 0. The highest BCUT2D eigenvalue weighted by atomic mass is 32.2. The van der Waals surface area contributed by atoms with Gasteiger partial charge in [0.15, 0.2) is 5.00 Å². The molecule has 1 atom stereocenters. The molecule has 0 saturated carbocycles. The Hall–Kier alpha value is 0.0400. The molecule has 0 spiro atoms. The highest BCUT2D eigenvalue weighted by molar-refractivity contribution is 7.80. The van der Waals surface area contributed by atoms with Gasteiger partial charge in [0.25, 0.3) is 0 Å². The monoisotopic (exact) mass is 125 g/mol. The van der Waals surface area contributed by atoms with Crippen molar-refractivity contribution in [3.8, 4) is 0 Å². The SMILES string of the molecule is CC(C)(F)S(=O)[O-]. The van der Waals surface area contributed by atoms with E-state index in [9.17, 15) is 13.2 Å². The first-order valence-corrected chi connectivity index (χ1v) is 2.80. The lowest BCUT2D eigenvalue weighted by Gasteiger charge is -2.16. The summed E-state index contributed by atoms with van der Waals surface area (Å²) in [5, 5.41) is -2.08. The second-order valence-electron chi connectivity index (χ2n) is 1.60. The van der Waals surface area contributed by atoms with Crippen LogP contribution in [0.1, 0.15) is 13.8 Å². The molecule has 0 aliphatic carbocycles. The van der Waals surface area contributed by atoms with Gasteiger partial charge < -0.3 is 4.55 Å². The molecule has 2 nitrogen and oxygen atoms in total. The quantitative estimate of drug-likeness (QED) is 0.481. The summed E-state index contributed by atoms with van der Waals surface area (Å²) in [5.41, 5.74) is 0. The Bertz CT molecular complexity index is 85.4. The van der Waals surface area contributed by atoms with Crippen molar-refractivity contribution in [2.24, 2.45) is 0 Å². The Kier molecular flexibility index (Phi) is 1.89. The van der Waals surface area contributed by atoms with Crippen molar-refractivity contribution in [1.29, 1.82) is 0 Å². The molecule has 0 fully saturated rings. The molecular formula is C3H6FO2S-. The number of alkyl halides is 1. The van der Waals surface area contributed by atoms with Crippen molar-refractivity contribution < 1.29 is 13.2 Å². The molecule has 44 valence electrons. The van der Waals surface area contributed by atoms with Crippen LogP contribution in [0.4, 0.5) is 4.39 Å². The van der Waals surface area contributed by atoms with Gasteiger partial charge in [-0.15, -0.1) is 0 Å². The van der Waals surface area contributed by atoms with E-state index in [1.165, 1.54) is 0 Å². The summed E-state index contributed by atoms with van der Waals surface area (Å²) in [6.07, 6.45) is 0. The zero-order valence-electron chi connectivity index (χ0n) is 4.10. The Morgan fingerprint density at radius 1 is 1.71 bits per heavy atom. The number of halogens is 1. The van der Waals surface area contributed by atoms with Gasteiger partial charge in [-0.1, -0.05) is 0 Å². The van der Waals surface area contributed by atoms with Crippen molar-refractivity contribution >= 4 is 11.1 Å². The van der Waals surface area contributed by atoms with E-state index < -0.39 is 16.1 Å². The first-order chi connectivity index (χ1) is 2.94. The fourth-order valence-electron chi connectivity index (χ4n) is 0. The van der Waals surface area contributed by atoms with Crippen LogP contribution in [-0.4, -0.2) is 13.8 Å². The molecular weight excluding hydrogens is 119 g/mol. The van der Waals surface area contributed by atoms with Crippen LogP contribution < -0.4 is 0 Å². The molecule has 0 aromatic rings. The predicted molar refractivity (Wildman–Crippen MR) is 24.1 cm³/mol. The smallest absolute Gasteiger partial charge is 0.166 e. The molecule has 0 N–H and O–H groups in total. The molecule has 0 bridgehead atoms. The van der Waals surface area contributed by atoms with Gasteiger partial charge in [0.2, 0.25) is 0 Å². The molecule has 0 aromatic heterocycles. The van der Waals surface area contributed by atoms with E-state index in [2.05, 4.69) is 0 Å². The van der Waals surface area contributed by atoms with Gasteiger partial charge in [-0.2, -0.15) is 0 Å². The fraction of sp³-hybridized carbons (Fsp3) is 1.00. The zero-order valence-corrected chi connectivity index (χ0v) is 4.92. The van der Waals surface area contributed by atoms with Crippen LogP contribution in [0.3, 0.4) is 0 Å². The fourth-order valence-corrected chi connectivity index (χ4v) is 0. The third-order valence-electron chi connectivity index (χ3n) is 0.396.